The second-order valence-corrected chi connectivity index (χ2v) is 4.86. The van der Waals surface area contributed by atoms with Gasteiger partial charge < -0.3 is 9.72 Å². The average molecular weight is 270 g/mol. The first-order valence-electron chi connectivity index (χ1n) is 6.26. The van der Waals surface area contributed by atoms with Gasteiger partial charge in [-0.05, 0) is 26.0 Å². The molecule has 1 aromatic carbocycles. The van der Waals surface area contributed by atoms with E-state index in [1.807, 2.05) is 25.1 Å². The quantitative estimate of drug-likeness (QED) is 0.689. The van der Waals surface area contributed by atoms with Crippen molar-refractivity contribution in [1.29, 1.82) is 0 Å². The lowest BCUT2D eigenvalue weighted by atomic mass is 10.1. The van der Waals surface area contributed by atoms with E-state index in [9.17, 15) is 9.59 Å². The standard InChI is InChI=1S/C15H14N2O3/c1-8-4-5-11-10(6-8)13(15(19)20-3)14-16-9(2)7-12(18)17(11)14/h4-7,16H,1-3H3. The second-order valence-electron chi connectivity index (χ2n) is 4.86. The highest BCUT2D eigenvalue weighted by molar-refractivity contribution is 6.10. The van der Waals surface area contributed by atoms with Gasteiger partial charge >= 0.3 is 5.97 Å². The molecule has 0 saturated heterocycles. The number of aromatic nitrogens is 2. The zero-order valence-corrected chi connectivity index (χ0v) is 11.5. The third kappa shape index (κ3) is 1.63. The maximum atomic E-state index is 12.2. The van der Waals surface area contributed by atoms with E-state index in [1.165, 1.54) is 17.6 Å². The first-order chi connectivity index (χ1) is 9.52. The van der Waals surface area contributed by atoms with Crippen molar-refractivity contribution < 1.29 is 9.53 Å². The van der Waals surface area contributed by atoms with Gasteiger partial charge in [0.1, 0.15) is 11.2 Å². The molecule has 20 heavy (non-hydrogen) atoms. The van der Waals surface area contributed by atoms with Crippen molar-refractivity contribution in [2.45, 2.75) is 13.8 Å². The van der Waals surface area contributed by atoms with Crippen molar-refractivity contribution in [2.75, 3.05) is 7.11 Å². The first-order valence-corrected chi connectivity index (χ1v) is 6.26. The van der Waals surface area contributed by atoms with Crippen molar-refractivity contribution >= 4 is 22.5 Å². The topological polar surface area (TPSA) is 63.6 Å². The lowest BCUT2D eigenvalue weighted by Crippen LogP contribution is -2.14. The van der Waals surface area contributed by atoms with E-state index in [-0.39, 0.29) is 5.56 Å². The fraction of sp³-hybridized carbons (Fsp3) is 0.200. The molecule has 0 fully saturated rings. The molecule has 5 heteroatoms. The van der Waals surface area contributed by atoms with Gasteiger partial charge in [0.2, 0.25) is 0 Å². The Bertz CT molecular complexity index is 903. The number of rotatable bonds is 1. The Hall–Kier alpha value is -2.56. The number of aromatic amines is 1. The largest absolute Gasteiger partial charge is 0.465 e. The zero-order valence-electron chi connectivity index (χ0n) is 11.5. The van der Waals surface area contributed by atoms with Gasteiger partial charge in [0.15, 0.2) is 0 Å². The Labute approximate surface area is 114 Å². The summed E-state index contributed by atoms with van der Waals surface area (Å²) >= 11 is 0. The van der Waals surface area contributed by atoms with Crippen molar-refractivity contribution in [3.8, 4) is 0 Å². The molecule has 0 spiro atoms. The summed E-state index contributed by atoms with van der Waals surface area (Å²) in [4.78, 5) is 27.4. The molecule has 2 aromatic heterocycles. The minimum atomic E-state index is -0.454. The Kier molecular flexibility index (Phi) is 2.64. The van der Waals surface area contributed by atoms with Crippen molar-refractivity contribution in [3.63, 3.8) is 0 Å². The molecule has 3 aromatic rings. The van der Waals surface area contributed by atoms with Crippen molar-refractivity contribution in [1.82, 2.24) is 9.38 Å². The second kappa shape index (κ2) is 4.23. The number of carbonyl (C=O) groups is 1. The number of esters is 1. The van der Waals surface area contributed by atoms with E-state index in [0.717, 1.165) is 10.9 Å². The fourth-order valence-electron chi connectivity index (χ4n) is 2.53. The predicted octanol–water partition coefficient (Wildman–Crippen LogP) is 2.18. The van der Waals surface area contributed by atoms with E-state index >= 15 is 0 Å². The van der Waals surface area contributed by atoms with Gasteiger partial charge in [0, 0.05) is 17.1 Å². The van der Waals surface area contributed by atoms with Gasteiger partial charge in [-0.1, -0.05) is 11.6 Å². The summed E-state index contributed by atoms with van der Waals surface area (Å²) in [5, 5.41) is 0.718. The maximum absolute atomic E-state index is 12.2. The number of carbonyl (C=O) groups excluding carboxylic acids is 1. The number of ether oxygens (including phenoxy) is 1. The third-order valence-electron chi connectivity index (χ3n) is 3.39. The Morgan fingerprint density at radius 2 is 2.00 bits per heavy atom. The third-order valence-corrected chi connectivity index (χ3v) is 3.39. The van der Waals surface area contributed by atoms with Crippen LogP contribution >= 0.6 is 0 Å². The van der Waals surface area contributed by atoms with Crippen LogP contribution in [0.3, 0.4) is 0 Å². The minimum Gasteiger partial charge on any atom is -0.465 e. The molecule has 3 rings (SSSR count). The van der Waals surface area contributed by atoms with Crippen molar-refractivity contribution in [2.24, 2.45) is 0 Å². The van der Waals surface area contributed by atoms with Gasteiger partial charge in [-0.15, -0.1) is 0 Å². The number of benzene rings is 1. The van der Waals surface area contributed by atoms with Gasteiger partial charge in [-0.2, -0.15) is 0 Å². The van der Waals surface area contributed by atoms with E-state index in [0.29, 0.717) is 22.4 Å². The van der Waals surface area contributed by atoms with Crippen molar-refractivity contribution in [3.05, 3.63) is 51.4 Å². The number of aryl methyl sites for hydroxylation is 2. The molecule has 1 N–H and O–H groups in total. The predicted molar refractivity (Wildman–Crippen MR) is 76.3 cm³/mol. The molecule has 2 heterocycles. The van der Waals surface area contributed by atoms with Crippen LogP contribution in [0.4, 0.5) is 0 Å². The number of fused-ring (bicyclic) bond motifs is 3. The van der Waals surface area contributed by atoms with E-state index < -0.39 is 5.97 Å². The molecule has 0 amide bonds. The van der Waals surface area contributed by atoms with Crippen LogP contribution in [0.2, 0.25) is 0 Å². The van der Waals surface area contributed by atoms with Crippen LogP contribution in [-0.4, -0.2) is 22.5 Å². The van der Waals surface area contributed by atoms with Crippen LogP contribution in [0, 0.1) is 13.8 Å². The summed E-state index contributed by atoms with van der Waals surface area (Å²) in [6.45, 7) is 3.72. The number of nitrogens with one attached hydrogen (secondary N) is 1. The highest BCUT2D eigenvalue weighted by Gasteiger charge is 2.20. The highest BCUT2D eigenvalue weighted by atomic mass is 16.5. The van der Waals surface area contributed by atoms with Gasteiger partial charge in [-0.3, -0.25) is 9.20 Å². The van der Waals surface area contributed by atoms with E-state index in [4.69, 9.17) is 4.74 Å². The molecular weight excluding hydrogens is 256 g/mol. The molecule has 0 atom stereocenters. The summed E-state index contributed by atoms with van der Waals surface area (Å²) in [5.74, 6) is -0.454. The van der Waals surface area contributed by atoms with Crippen LogP contribution in [0.25, 0.3) is 16.6 Å². The molecule has 0 aliphatic carbocycles. The van der Waals surface area contributed by atoms with Crippen LogP contribution in [0.1, 0.15) is 21.6 Å². The molecule has 5 nitrogen and oxygen atoms in total. The SMILES string of the molecule is COC(=O)c1c2cc(C)ccc2n2c(=O)cc(C)[nH]c12. The lowest BCUT2D eigenvalue weighted by molar-refractivity contribution is 0.0605. The van der Waals surface area contributed by atoms with Gasteiger partial charge in [0.25, 0.3) is 5.56 Å². The normalized spacial score (nSPS) is 11.2. The van der Waals surface area contributed by atoms with E-state index in [2.05, 4.69) is 4.98 Å². The Balaban J connectivity index is 2.63. The maximum Gasteiger partial charge on any atom is 0.342 e. The molecule has 0 saturated carbocycles. The minimum absolute atomic E-state index is 0.166. The van der Waals surface area contributed by atoms with Gasteiger partial charge in [0.05, 0.1) is 12.6 Å². The number of hydrogen-bond acceptors (Lipinski definition) is 3. The zero-order chi connectivity index (χ0) is 14.4. The summed E-state index contributed by atoms with van der Waals surface area (Å²) in [6.07, 6.45) is 0. The number of hydrogen-bond donors (Lipinski definition) is 1. The van der Waals surface area contributed by atoms with Crippen LogP contribution < -0.4 is 5.56 Å². The highest BCUT2D eigenvalue weighted by Crippen LogP contribution is 2.26. The first kappa shape index (κ1) is 12.5. The Morgan fingerprint density at radius 1 is 1.25 bits per heavy atom. The molecule has 0 radical (unpaired) electrons. The Morgan fingerprint density at radius 3 is 2.70 bits per heavy atom. The summed E-state index contributed by atoms with van der Waals surface area (Å²) in [5.41, 5.74) is 3.12. The molecule has 102 valence electrons. The molecule has 0 aliphatic rings. The average Bonchev–Trinajstić information content (AvgIpc) is 2.71. The van der Waals surface area contributed by atoms with Crippen LogP contribution in [0.15, 0.2) is 29.1 Å². The van der Waals surface area contributed by atoms with Crippen LogP contribution in [0.5, 0.6) is 0 Å². The molecular formula is C15H14N2O3. The monoisotopic (exact) mass is 270 g/mol. The molecule has 0 unspecified atom stereocenters. The number of H-pyrrole nitrogens is 1. The summed E-state index contributed by atoms with van der Waals surface area (Å²) < 4.78 is 6.36. The molecule has 0 bridgehead atoms. The summed E-state index contributed by atoms with van der Waals surface area (Å²) in [6, 6.07) is 7.15. The smallest absolute Gasteiger partial charge is 0.342 e. The van der Waals surface area contributed by atoms with Gasteiger partial charge in [-0.25, -0.2) is 4.79 Å². The number of nitrogens with zero attached hydrogens (tertiary/aromatic N) is 1. The lowest BCUT2D eigenvalue weighted by Gasteiger charge is -2.00. The van der Waals surface area contributed by atoms with E-state index in [1.54, 1.807) is 6.92 Å². The van der Waals surface area contributed by atoms with Crippen LogP contribution in [-0.2, 0) is 4.74 Å². The fourth-order valence-corrected chi connectivity index (χ4v) is 2.53. The molecule has 0 aliphatic heterocycles. The summed E-state index contributed by atoms with van der Waals surface area (Å²) in [7, 11) is 1.33. The number of methoxy groups -OCH3 is 1.